The lowest BCUT2D eigenvalue weighted by atomic mass is 9.98. The molecular formula is C28H23FN2O6S. The van der Waals surface area contributed by atoms with E-state index in [-0.39, 0.29) is 30.0 Å². The van der Waals surface area contributed by atoms with Gasteiger partial charge in [0.25, 0.3) is 5.91 Å². The zero-order chi connectivity index (χ0) is 26.9. The fraction of sp³-hybridized carbons (Fsp3) is 0.143. The van der Waals surface area contributed by atoms with Crippen molar-refractivity contribution in [2.45, 2.75) is 13.5 Å². The van der Waals surface area contributed by atoms with Crippen molar-refractivity contribution in [3.8, 4) is 16.9 Å². The van der Waals surface area contributed by atoms with E-state index in [9.17, 15) is 18.0 Å². The Morgan fingerprint density at radius 2 is 1.76 bits per heavy atom. The molecule has 38 heavy (non-hydrogen) atoms. The van der Waals surface area contributed by atoms with Crippen LogP contribution in [0.5, 0.6) is 5.75 Å². The smallest absolute Gasteiger partial charge is 0.338 e. The molecule has 194 valence electrons. The van der Waals surface area contributed by atoms with Crippen LogP contribution in [0, 0.1) is 5.82 Å². The first-order valence-corrected chi connectivity index (χ1v) is 13.2. The van der Waals surface area contributed by atoms with Crippen molar-refractivity contribution in [2.75, 3.05) is 17.5 Å². The topological polar surface area (TPSA) is 102 Å². The van der Waals surface area contributed by atoms with Crippen molar-refractivity contribution in [1.29, 1.82) is 0 Å². The largest absolute Gasteiger partial charge is 0.487 e. The van der Waals surface area contributed by atoms with E-state index in [1.165, 1.54) is 0 Å². The maximum Gasteiger partial charge on any atom is 0.338 e. The zero-order valence-corrected chi connectivity index (χ0v) is 21.1. The summed E-state index contributed by atoms with van der Waals surface area (Å²) in [5.74, 6) is -2.12. The van der Waals surface area contributed by atoms with Gasteiger partial charge in [-0.25, -0.2) is 18.2 Å². The summed E-state index contributed by atoms with van der Waals surface area (Å²) in [6.07, 6.45) is 0. The summed E-state index contributed by atoms with van der Waals surface area (Å²) in [6.45, 7) is 1.44. The van der Waals surface area contributed by atoms with E-state index in [0.717, 1.165) is 5.56 Å². The van der Waals surface area contributed by atoms with E-state index in [2.05, 4.69) is 0 Å². The highest BCUT2D eigenvalue weighted by molar-refractivity contribution is 7.92. The van der Waals surface area contributed by atoms with Crippen molar-refractivity contribution < 1.29 is 31.9 Å². The number of carbonyl (C=O) groups excluding carboxylic acids is 2. The van der Waals surface area contributed by atoms with Crippen LogP contribution in [0.1, 0.15) is 22.8 Å². The number of hydrogen-bond acceptors (Lipinski definition) is 6. The minimum Gasteiger partial charge on any atom is -0.487 e. The van der Waals surface area contributed by atoms with Gasteiger partial charge in [-0.1, -0.05) is 54.6 Å². The summed E-state index contributed by atoms with van der Waals surface area (Å²) in [7, 11) is -4.31. The highest BCUT2D eigenvalue weighted by atomic mass is 32.2. The van der Waals surface area contributed by atoms with Crippen LogP contribution in [0.4, 0.5) is 10.1 Å². The minimum absolute atomic E-state index is 0.0176. The molecule has 1 heterocycles. The minimum atomic E-state index is -4.31. The number of carbonyl (C=O) groups is 2. The Labute approximate surface area is 218 Å². The van der Waals surface area contributed by atoms with Gasteiger partial charge in [-0.3, -0.25) is 4.79 Å². The number of esters is 1. The molecule has 0 unspecified atom stereocenters. The molecule has 1 N–H and O–H groups in total. The number of fused-ring (bicyclic) bond motifs is 1. The molecule has 0 spiro atoms. The monoisotopic (exact) mass is 534 g/mol. The summed E-state index contributed by atoms with van der Waals surface area (Å²) in [4.78, 5) is 24.1. The fourth-order valence-electron chi connectivity index (χ4n) is 4.26. The first-order valence-electron chi connectivity index (χ1n) is 11.8. The molecular weight excluding hydrogens is 511 g/mol. The Kier molecular flexibility index (Phi) is 6.73. The zero-order valence-electron chi connectivity index (χ0n) is 20.3. The second-order valence-electron chi connectivity index (χ2n) is 8.59. The third-order valence-electron chi connectivity index (χ3n) is 6.03. The van der Waals surface area contributed by atoms with Gasteiger partial charge in [-0.2, -0.15) is 8.42 Å². The van der Waals surface area contributed by atoms with Gasteiger partial charge in [0, 0.05) is 5.39 Å². The van der Waals surface area contributed by atoms with Crippen molar-refractivity contribution in [1.82, 2.24) is 4.72 Å². The van der Waals surface area contributed by atoms with E-state index in [0.29, 0.717) is 26.4 Å². The number of hydrogen-bond donors (Lipinski definition) is 1. The Hall–Kier alpha value is -4.44. The van der Waals surface area contributed by atoms with Crippen molar-refractivity contribution in [2.24, 2.45) is 0 Å². The second-order valence-corrected chi connectivity index (χ2v) is 10.2. The predicted octanol–water partition coefficient (Wildman–Crippen LogP) is 4.58. The Bertz CT molecular complexity index is 1660. The summed E-state index contributed by atoms with van der Waals surface area (Å²) in [6, 6.07) is 22.5. The molecule has 0 aliphatic carbocycles. The van der Waals surface area contributed by atoms with Gasteiger partial charge in [-0.15, -0.1) is 0 Å². The normalized spacial score (nSPS) is 14.4. The van der Waals surface area contributed by atoms with Gasteiger partial charge in [0.2, 0.25) is 0 Å². The summed E-state index contributed by atoms with van der Waals surface area (Å²) < 4.78 is 55.0. The van der Waals surface area contributed by atoms with Crippen LogP contribution >= 0.6 is 0 Å². The van der Waals surface area contributed by atoms with Gasteiger partial charge in [0.1, 0.15) is 24.6 Å². The maximum absolute atomic E-state index is 16.2. The summed E-state index contributed by atoms with van der Waals surface area (Å²) in [5, 5.41) is 0.594. The Balaban J connectivity index is 1.62. The molecule has 1 saturated heterocycles. The summed E-state index contributed by atoms with van der Waals surface area (Å²) >= 11 is 0. The lowest BCUT2D eigenvalue weighted by Crippen LogP contribution is -2.30. The molecule has 0 saturated carbocycles. The fourth-order valence-corrected chi connectivity index (χ4v) is 5.42. The highest BCUT2D eigenvalue weighted by Gasteiger charge is 2.38. The molecule has 1 amide bonds. The van der Waals surface area contributed by atoms with Crippen molar-refractivity contribution in [3.63, 3.8) is 0 Å². The molecule has 0 atom stereocenters. The van der Waals surface area contributed by atoms with E-state index in [4.69, 9.17) is 9.47 Å². The second kappa shape index (κ2) is 10.1. The number of rotatable bonds is 7. The number of anilines is 1. The van der Waals surface area contributed by atoms with Gasteiger partial charge in [0.05, 0.1) is 12.2 Å². The van der Waals surface area contributed by atoms with Crippen molar-refractivity contribution in [3.05, 3.63) is 95.8 Å². The average Bonchev–Trinajstić information content (AvgIpc) is 3.19. The molecule has 1 aliphatic rings. The molecule has 0 bridgehead atoms. The molecule has 1 fully saturated rings. The van der Waals surface area contributed by atoms with Gasteiger partial charge < -0.3 is 9.47 Å². The number of benzene rings is 4. The third kappa shape index (κ3) is 4.90. The van der Waals surface area contributed by atoms with Gasteiger partial charge in [-0.05, 0) is 53.3 Å². The molecule has 0 aromatic heterocycles. The maximum atomic E-state index is 16.2. The van der Waals surface area contributed by atoms with E-state index in [1.807, 2.05) is 35.1 Å². The Morgan fingerprint density at radius 1 is 1.00 bits per heavy atom. The number of ether oxygens (including phenoxy) is 2. The SMILES string of the molecule is CCOC(=O)c1cccc(-c2ccc3cc(OCc4ccccc4)c(N4CC(=O)NS4(=O)=O)c(F)c3c2)c1. The molecule has 5 rings (SSSR count). The van der Waals surface area contributed by atoms with E-state index < -0.39 is 34.4 Å². The number of halogens is 1. The number of nitrogens with zero attached hydrogens (tertiary/aromatic N) is 1. The highest BCUT2D eigenvalue weighted by Crippen LogP contribution is 2.40. The average molecular weight is 535 g/mol. The predicted molar refractivity (Wildman–Crippen MR) is 140 cm³/mol. The standard InChI is InChI=1S/C28H23FN2O6S/c1-2-36-28(33)22-10-6-9-19(13-22)20-11-12-21-15-24(37-17-18-7-4-3-5-8-18)27(26(29)23(21)14-20)31-16-25(32)30-38(31,34)35/h3-15H,2,16-17H2,1H3,(H,30,32). The van der Waals surface area contributed by atoms with Crippen LogP contribution in [0.15, 0.2) is 78.9 Å². The first kappa shape index (κ1) is 25.2. The number of amides is 1. The lowest BCUT2D eigenvalue weighted by Gasteiger charge is -2.21. The quantitative estimate of drug-likeness (QED) is 0.348. The molecule has 4 aromatic carbocycles. The molecule has 1 aliphatic heterocycles. The van der Waals surface area contributed by atoms with Crippen LogP contribution in [0.25, 0.3) is 21.9 Å². The van der Waals surface area contributed by atoms with Crippen LogP contribution in [0.3, 0.4) is 0 Å². The van der Waals surface area contributed by atoms with Crippen LogP contribution in [-0.4, -0.2) is 33.4 Å². The third-order valence-corrected chi connectivity index (χ3v) is 7.41. The molecule has 0 radical (unpaired) electrons. The van der Waals surface area contributed by atoms with Gasteiger partial charge >= 0.3 is 16.2 Å². The molecule has 10 heteroatoms. The molecule has 8 nitrogen and oxygen atoms in total. The lowest BCUT2D eigenvalue weighted by molar-refractivity contribution is -0.117. The molecule has 4 aromatic rings. The Morgan fingerprint density at radius 3 is 2.47 bits per heavy atom. The van der Waals surface area contributed by atoms with Crippen molar-refractivity contribution >= 4 is 38.5 Å². The van der Waals surface area contributed by atoms with Crippen LogP contribution < -0.4 is 13.8 Å². The first-order chi connectivity index (χ1) is 18.3. The van der Waals surface area contributed by atoms with Crippen LogP contribution in [0.2, 0.25) is 0 Å². The summed E-state index contributed by atoms with van der Waals surface area (Å²) in [5.41, 5.74) is 2.04. The van der Waals surface area contributed by atoms with Gasteiger partial charge in [0.15, 0.2) is 5.82 Å². The van der Waals surface area contributed by atoms with Crippen LogP contribution in [-0.2, 0) is 26.3 Å². The number of nitrogens with one attached hydrogen (secondary N) is 1. The van der Waals surface area contributed by atoms with E-state index >= 15 is 4.39 Å². The van der Waals surface area contributed by atoms with E-state index in [1.54, 1.807) is 55.5 Å².